The Bertz CT molecular complexity index is 284. The molecule has 2 aliphatic rings. The number of nitrogens with two attached hydrogens (primary N) is 1. The third-order valence-electron chi connectivity index (χ3n) is 3.25. The molecule has 5 heteroatoms. The monoisotopic (exact) mass is 211 g/mol. The van der Waals surface area contributed by atoms with Crippen molar-refractivity contribution >= 4 is 11.8 Å². The Morgan fingerprint density at radius 1 is 1.40 bits per heavy atom. The van der Waals surface area contributed by atoms with Crippen molar-refractivity contribution in [2.24, 2.45) is 5.73 Å². The smallest absolute Gasteiger partial charge is 0.243 e. The minimum Gasteiger partial charge on any atom is -0.353 e. The van der Waals surface area contributed by atoms with Crippen molar-refractivity contribution in [2.45, 2.75) is 31.2 Å². The van der Waals surface area contributed by atoms with E-state index >= 15 is 0 Å². The van der Waals surface area contributed by atoms with Crippen LogP contribution >= 0.6 is 0 Å². The molecule has 1 heterocycles. The van der Waals surface area contributed by atoms with Crippen molar-refractivity contribution in [3.8, 4) is 0 Å². The Kier molecular flexibility index (Phi) is 2.65. The summed E-state index contributed by atoms with van der Waals surface area (Å²) in [5.74, 6) is -0.133. The van der Waals surface area contributed by atoms with E-state index in [1.165, 1.54) is 0 Å². The molecular formula is C10H17N3O2. The van der Waals surface area contributed by atoms with Gasteiger partial charge in [-0.2, -0.15) is 0 Å². The number of piperazine rings is 1. The summed E-state index contributed by atoms with van der Waals surface area (Å²) in [5.41, 5.74) is 5.36. The van der Waals surface area contributed by atoms with Gasteiger partial charge >= 0.3 is 0 Å². The van der Waals surface area contributed by atoms with E-state index in [2.05, 4.69) is 5.32 Å². The number of hydrogen-bond acceptors (Lipinski definition) is 3. The summed E-state index contributed by atoms with van der Waals surface area (Å²) >= 11 is 0. The third-order valence-corrected chi connectivity index (χ3v) is 3.25. The molecule has 0 atom stereocenters. The number of rotatable bonds is 1. The number of nitrogens with one attached hydrogen (secondary N) is 1. The van der Waals surface area contributed by atoms with Crippen LogP contribution in [0.3, 0.4) is 0 Å². The molecule has 15 heavy (non-hydrogen) atoms. The minimum absolute atomic E-state index is 0.0464. The molecule has 5 nitrogen and oxygen atoms in total. The first-order valence-corrected chi connectivity index (χ1v) is 5.47. The van der Waals surface area contributed by atoms with E-state index in [0.29, 0.717) is 13.1 Å². The van der Waals surface area contributed by atoms with Gasteiger partial charge in [-0.15, -0.1) is 0 Å². The van der Waals surface area contributed by atoms with Gasteiger partial charge in [-0.05, 0) is 12.8 Å². The zero-order valence-corrected chi connectivity index (χ0v) is 8.79. The quantitative estimate of drug-likeness (QED) is 0.597. The van der Waals surface area contributed by atoms with E-state index in [-0.39, 0.29) is 18.4 Å². The summed E-state index contributed by atoms with van der Waals surface area (Å²) in [5, 5.41) is 2.70. The molecule has 2 amide bonds. The second-order valence-corrected chi connectivity index (χ2v) is 4.44. The first-order valence-electron chi connectivity index (χ1n) is 5.47. The lowest BCUT2D eigenvalue weighted by atomic mass is 9.97. The predicted octanol–water partition coefficient (Wildman–Crippen LogP) is -0.784. The van der Waals surface area contributed by atoms with Crippen molar-refractivity contribution in [1.82, 2.24) is 10.2 Å². The van der Waals surface area contributed by atoms with Crippen LogP contribution in [-0.4, -0.2) is 41.9 Å². The van der Waals surface area contributed by atoms with Gasteiger partial charge in [-0.3, -0.25) is 9.59 Å². The molecule has 0 bridgehead atoms. The van der Waals surface area contributed by atoms with Gasteiger partial charge in [0.2, 0.25) is 11.8 Å². The molecule has 1 aliphatic carbocycles. The predicted molar refractivity (Wildman–Crippen MR) is 55.0 cm³/mol. The molecule has 0 radical (unpaired) electrons. The lowest BCUT2D eigenvalue weighted by Crippen LogP contribution is -2.59. The Morgan fingerprint density at radius 3 is 2.67 bits per heavy atom. The van der Waals surface area contributed by atoms with Gasteiger partial charge in [0.15, 0.2) is 0 Å². The largest absolute Gasteiger partial charge is 0.353 e. The van der Waals surface area contributed by atoms with Crippen molar-refractivity contribution in [3.05, 3.63) is 0 Å². The van der Waals surface area contributed by atoms with Gasteiger partial charge < -0.3 is 16.0 Å². The maximum Gasteiger partial charge on any atom is 0.243 e. The van der Waals surface area contributed by atoms with E-state index in [1.807, 2.05) is 0 Å². The highest BCUT2D eigenvalue weighted by Crippen LogP contribution is 2.29. The summed E-state index contributed by atoms with van der Waals surface area (Å²) in [6.07, 6.45) is 3.54. The molecule has 0 aromatic carbocycles. The fraction of sp³-hybridized carbons (Fsp3) is 0.800. The van der Waals surface area contributed by atoms with Crippen molar-refractivity contribution in [2.75, 3.05) is 19.6 Å². The van der Waals surface area contributed by atoms with Gasteiger partial charge in [-0.25, -0.2) is 0 Å². The zero-order chi connectivity index (χ0) is 10.9. The van der Waals surface area contributed by atoms with Crippen LogP contribution in [0.5, 0.6) is 0 Å². The van der Waals surface area contributed by atoms with Crippen molar-refractivity contribution < 1.29 is 9.59 Å². The summed E-state index contributed by atoms with van der Waals surface area (Å²) in [6.45, 7) is 1.29. The molecule has 0 aromatic rings. The van der Waals surface area contributed by atoms with Gasteiger partial charge in [-0.1, -0.05) is 12.8 Å². The van der Waals surface area contributed by atoms with Crippen LogP contribution in [0, 0.1) is 0 Å². The van der Waals surface area contributed by atoms with E-state index in [4.69, 9.17) is 5.73 Å². The average Bonchev–Trinajstić information content (AvgIpc) is 2.65. The number of amides is 2. The average molecular weight is 211 g/mol. The van der Waals surface area contributed by atoms with Crippen molar-refractivity contribution in [3.63, 3.8) is 0 Å². The molecule has 1 saturated heterocycles. The first-order chi connectivity index (χ1) is 7.12. The summed E-state index contributed by atoms with van der Waals surface area (Å²) in [4.78, 5) is 24.8. The van der Waals surface area contributed by atoms with Gasteiger partial charge in [0.25, 0.3) is 0 Å². The minimum atomic E-state index is -0.697. The number of carbonyl (C=O) groups excluding carboxylic acids is 2. The molecule has 0 unspecified atom stereocenters. The van der Waals surface area contributed by atoms with Gasteiger partial charge in [0.1, 0.15) is 0 Å². The van der Waals surface area contributed by atoms with Crippen LogP contribution in [0.15, 0.2) is 0 Å². The molecule has 3 N–H and O–H groups in total. The zero-order valence-electron chi connectivity index (χ0n) is 8.79. The molecular weight excluding hydrogens is 194 g/mol. The van der Waals surface area contributed by atoms with Crippen molar-refractivity contribution in [1.29, 1.82) is 0 Å². The Morgan fingerprint density at radius 2 is 2.07 bits per heavy atom. The number of nitrogens with zero attached hydrogens (tertiary/aromatic N) is 1. The summed E-state index contributed by atoms with van der Waals surface area (Å²) in [7, 11) is 0. The Labute approximate surface area is 89.0 Å². The second kappa shape index (κ2) is 3.81. The fourth-order valence-electron chi connectivity index (χ4n) is 2.35. The molecule has 0 aromatic heterocycles. The standard InChI is InChI=1S/C10H17N3O2/c11-10(3-1-2-4-10)9(15)13-6-5-12-8(14)7-13/h1-7,11H2,(H,12,14). The maximum absolute atomic E-state index is 12.1. The molecule has 1 aliphatic heterocycles. The lowest BCUT2D eigenvalue weighted by Gasteiger charge is -2.33. The highest BCUT2D eigenvalue weighted by molar-refractivity contribution is 5.91. The normalized spacial score (nSPS) is 25.1. The summed E-state index contributed by atoms with van der Waals surface area (Å²) in [6, 6.07) is 0. The Hall–Kier alpha value is -1.10. The molecule has 0 spiro atoms. The molecule has 1 saturated carbocycles. The Balaban J connectivity index is 2.03. The summed E-state index contributed by atoms with van der Waals surface area (Å²) < 4.78 is 0. The molecule has 2 fully saturated rings. The van der Waals surface area contributed by atoms with Crippen LogP contribution in [0.1, 0.15) is 25.7 Å². The number of carbonyl (C=O) groups is 2. The molecule has 2 rings (SSSR count). The first kappa shape index (κ1) is 10.4. The highest BCUT2D eigenvalue weighted by atomic mass is 16.2. The molecule has 84 valence electrons. The van der Waals surface area contributed by atoms with E-state index in [1.54, 1.807) is 4.90 Å². The van der Waals surface area contributed by atoms with E-state index in [0.717, 1.165) is 25.7 Å². The fourth-order valence-corrected chi connectivity index (χ4v) is 2.35. The van der Waals surface area contributed by atoms with Crippen LogP contribution in [0.25, 0.3) is 0 Å². The SMILES string of the molecule is NC1(C(=O)N2CCNC(=O)C2)CCCC1. The van der Waals surface area contributed by atoms with E-state index in [9.17, 15) is 9.59 Å². The second-order valence-electron chi connectivity index (χ2n) is 4.44. The van der Waals surface area contributed by atoms with Crippen LogP contribution in [-0.2, 0) is 9.59 Å². The van der Waals surface area contributed by atoms with Crippen LogP contribution < -0.4 is 11.1 Å². The maximum atomic E-state index is 12.1. The van der Waals surface area contributed by atoms with Crippen LogP contribution in [0.4, 0.5) is 0 Å². The van der Waals surface area contributed by atoms with Gasteiger partial charge in [0.05, 0.1) is 12.1 Å². The lowest BCUT2D eigenvalue weighted by molar-refractivity contribution is -0.142. The highest BCUT2D eigenvalue weighted by Gasteiger charge is 2.40. The topological polar surface area (TPSA) is 75.4 Å². The van der Waals surface area contributed by atoms with E-state index < -0.39 is 5.54 Å². The third kappa shape index (κ3) is 1.97. The van der Waals surface area contributed by atoms with Crippen LogP contribution in [0.2, 0.25) is 0 Å². The van der Waals surface area contributed by atoms with Gasteiger partial charge in [0, 0.05) is 13.1 Å². The number of hydrogen-bond donors (Lipinski definition) is 2.